The number of hydrogen-bond acceptors (Lipinski definition) is 4. The van der Waals surface area contributed by atoms with Gasteiger partial charge in [-0.15, -0.1) is 0 Å². The molecule has 0 heterocycles. The van der Waals surface area contributed by atoms with E-state index in [2.05, 4.69) is 25.8 Å². The highest BCUT2D eigenvalue weighted by molar-refractivity contribution is 5.43. The monoisotopic (exact) mass is 280 g/mol. The number of nitrogens with zero attached hydrogens (tertiary/aromatic N) is 1. The van der Waals surface area contributed by atoms with E-state index in [0.29, 0.717) is 6.04 Å². The molecule has 0 aliphatic carbocycles. The van der Waals surface area contributed by atoms with Gasteiger partial charge in [-0.3, -0.25) is 0 Å². The molecule has 4 heteroatoms. The second-order valence-electron chi connectivity index (χ2n) is 5.30. The van der Waals surface area contributed by atoms with Gasteiger partial charge in [0.2, 0.25) is 0 Å². The quantitative estimate of drug-likeness (QED) is 0.795. The number of rotatable bonds is 8. The molecule has 2 unspecified atom stereocenters. The number of hydrogen-bond donors (Lipinski definition) is 1. The summed E-state index contributed by atoms with van der Waals surface area (Å²) in [5.74, 6) is 1.46. The molecule has 1 rings (SSSR count). The van der Waals surface area contributed by atoms with Crippen molar-refractivity contribution >= 4 is 0 Å². The van der Waals surface area contributed by atoms with Gasteiger partial charge in [-0.25, -0.2) is 0 Å². The van der Waals surface area contributed by atoms with Crippen molar-refractivity contribution < 1.29 is 9.47 Å². The third-order valence-electron chi connectivity index (χ3n) is 3.78. The first-order valence-corrected chi connectivity index (χ1v) is 7.21. The molecular weight excluding hydrogens is 252 g/mol. The second kappa shape index (κ2) is 8.12. The van der Waals surface area contributed by atoms with Crippen molar-refractivity contribution in [1.82, 2.24) is 4.90 Å². The Kier molecular flexibility index (Phi) is 6.82. The summed E-state index contributed by atoms with van der Waals surface area (Å²) in [5, 5.41) is 0. The molecule has 20 heavy (non-hydrogen) atoms. The van der Waals surface area contributed by atoms with Crippen LogP contribution in [0.1, 0.15) is 38.3 Å². The normalized spacial score (nSPS) is 14.2. The van der Waals surface area contributed by atoms with Gasteiger partial charge < -0.3 is 20.1 Å². The number of methoxy groups -OCH3 is 2. The minimum Gasteiger partial charge on any atom is -0.493 e. The lowest BCUT2D eigenvalue weighted by Gasteiger charge is -2.27. The number of benzene rings is 1. The molecule has 0 amide bonds. The average Bonchev–Trinajstić information content (AvgIpc) is 2.46. The highest BCUT2D eigenvalue weighted by Crippen LogP contribution is 2.29. The van der Waals surface area contributed by atoms with Crippen LogP contribution in [0.15, 0.2) is 18.2 Å². The molecule has 2 atom stereocenters. The van der Waals surface area contributed by atoms with E-state index < -0.39 is 0 Å². The molecule has 114 valence electrons. The van der Waals surface area contributed by atoms with E-state index in [4.69, 9.17) is 15.2 Å². The zero-order chi connectivity index (χ0) is 15.1. The van der Waals surface area contributed by atoms with Crippen LogP contribution in [0.2, 0.25) is 0 Å². The number of likely N-dealkylation sites (N-methyl/N-ethyl adjacent to an activating group) is 1. The van der Waals surface area contributed by atoms with Crippen molar-refractivity contribution in [3.63, 3.8) is 0 Å². The molecule has 4 nitrogen and oxygen atoms in total. The molecule has 0 spiro atoms. The summed E-state index contributed by atoms with van der Waals surface area (Å²) >= 11 is 0. The molecule has 0 aromatic heterocycles. The highest BCUT2D eigenvalue weighted by Gasteiger charge is 2.15. The summed E-state index contributed by atoms with van der Waals surface area (Å²) in [6, 6.07) is 6.39. The maximum absolute atomic E-state index is 6.31. The molecular formula is C16H28N2O2. The van der Waals surface area contributed by atoms with E-state index in [-0.39, 0.29) is 6.04 Å². The van der Waals surface area contributed by atoms with Gasteiger partial charge >= 0.3 is 0 Å². The van der Waals surface area contributed by atoms with Gasteiger partial charge in [-0.1, -0.05) is 19.4 Å². The van der Waals surface area contributed by atoms with Crippen LogP contribution in [-0.2, 0) is 0 Å². The van der Waals surface area contributed by atoms with Gasteiger partial charge in [0.05, 0.1) is 14.2 Å². The van der Waals surface area contributed by atoms with E-state index in [1.54, 1.807) is 14.2 Å². The zero-order valence-electron chi connectivity index (χ0n) is 13.3. The van der Waals surface area contributed by atoms with Gasteiger partial charge in [0.15, 0.2) is 11.5 Å². The van der Waals surface area contributed by atoms with Crippen LogP contribution in [0.25, 0.3) is 0 Å². The van der Waals surface area contributed by atoms with E-state index in [9.17, 15) is 0 Å². The lowest BCUT2D eigenvalue weighted by atomic mass is 10.1. The first kappa shape index (κ1) is 16.8. The van der Waals surface area contributed by atoms with Crippen LogP contribution in [0.5, 0.6) is 11.5 Å². The summed E-state index contributed by atoms with van der Waals surface area (Å²) in [6.07, 6.45) is 2.38. The molecule has 0 saturated carbocycles. The minimum absolute atomic E-state index is 0.0286. The van der Waals surface area contributed by atoms with E-state index >= 15 is 0 Å². The maximum atomic E-state index is 6.31. The topological polar surface area (TPSA) is 47.7 Å². The van der Waals surface area contributed by atoms with Crippen molar-refractivity contribution in [3.8, 4) is 11.5 Å². The SMILES string of the molecule is CCCC(C)N(C)CC(N)c1ccc(OC)c(OC)c1. The third-order valence-corrected chi connectivity index (χ3v) is 3.78. The molecule has 0 radical (unpaired) electrons. The van der Waals surface area contributed by atoms with Gasteiger partial charge in [-0.2, -0.15) is 0 Å². The van der Waals surface area contributed by atoms with Crippen molar-refractivity contribution in [2.75, 3.05) is 27.8 Å². The Morgan fingerprint density at radius 2 is 1.85 bits per heavy atom. The Morgan fingerprint density at radius 3 is 2.40 bits per heavy atom. The van der Waals surface area contributed by atoms with Gasteiger partial charge in [0, 0.05) is 18.6 Å². The Morgan fingerprint density at radius 1 is 1.20 bits per heavy atom. The van der Waals surface area contributed by atoms with Crippen molar-refractivity contribution in [1.29, 1.82) is 0 Å². The molecule has 0 fully saturated rings. The molecule has 2 N–H and O–H groups in total. The highest BCUT2D eigenvalue weighted by atomic mass is 16.5. The summed E-state index contributed by atoms with van der Waals surface area (Å²) < 4.78 is 10.6. The van der Waals surface area contributed by atoms with Crippen molar-refractivity contribution in [2.24, 2.45) is 5.73 Å². The summed E-state index contributed by atoms with van der Waals surface area (Å²) in [4.78, 5) is 2.31. The standard InChI is InChI=1S/C16H28N2O2/c1-6-7-12(2)18(3)11-14(17)13-8-9-15(19-4)16(10-13)20-5/h8-10,12,14H,6-7,11,17H2,1-5H3. The molecule has 0 aliphatic heterocycles. The Balaban J connectivity index is 2.74. The smallest absolute Gasteiger partial charge is 0.161 e. The van der Waals surface area contributed by atoms with Gasteiger partial charge in [0.25, 0.3) is 0 Å². The van der Waals surface area contributed by atoms with Crippen LogP contribution in [-0.4, -0.2) is 38.8 Å². The second-order valence-corrected chi connectivity index (χ2v) is 5.30. The van der Waals surface area contributed by atoms with Gasteiger partial charge in [-0.05, 0) is 38.1 Å². The molecule has 0 aliphatic rings. The Hall–Kier alpha value is -1.26. The van der Waals surface area contributed by atoms with Crippen LogP contribution >= 0.6 is 0 Å². The fourth-order valence-electron chi connectivity index (χ4n) is 2.32. The summed E-state index contributed by atoms with van der Waals surface area (Å²) in [7, 11) is 5.40. The van der Waals surface area contributed by atoms with E-state index in [1.807, 2.05) is 18.2 Å². The maximum Gasteiger partial charge on any atom is 0.161 e. The lowest BCUT2D eigenvalue weighted by Crippen LogP contribution is -2.35. The first-order valence-electron chi connectivity index (χ1n) is 7.21. The largest absolute Gasteiger partial charge is 0.493 e. The summed E-state index contributed by atoms with van der Waals surface area (Å²) in [6.45, 7) is 5.28. The first-order chi connectivity index (χ1) is 9.53. The Bertz CT molecular complexity index is 409. The van der Waals surface area contributed by atoms with Crippen molar-refractivity contribution in [3.05, 3.63) is 23.8 Å². The molecule has 1 aromatic rings. The fourth-order valence-corrected chi connectivity index (χ4v) is 2.32. The van der Waals surface area contributed by atoms with Crippen LogP contribution < -0.4 is 15.2 Å². The van der Waals surface area contributed by atoms with Crippen molar-refractivity contribution in [2.45, 2.75) is 38.8 Å². The summed E-state index contributed by atoms with van der Waals surface area (Å²) in [5.41, 5.74) is 7.37. The number of ether oxygens (including phenoxy) is 2. The minimum atomic E-state index is -0.0286. The van der Waals surface area contributed by atoms with E-state index in [1.165, 1.54) is 12.8 Å². The number of nitrogens with two attached hydrogens (primary N) is 1. The predicted octanol–water partition coefficient (Wildman–Crippen LogP) is 2.82. The van der Waals surface area contributed by atoms with Crippen LogP contribution in [0, 0.1) is 0 Å². The molecule has 0 saturated heterocycles. The van der Waals surface area contributed by atoms with Crippen LogP contribution in [0.3, 0.4) is 0 Å². The lowest BCUT2D eigenvalue weighted by molar-refractivity contribution is 0.231. The Labute approximate surface area is 122 Å². The van der Waals surface area contributed by atoms with E-state index in [0.717, 1.165) is 23.6 Å². The molecule has 0 bridgehead atoms. The van der Waals surface area contributed by atoms with Crippen LogP contribution in [0.4, 0.5) is 0 Å². The molecule has 1 aromatic carbocycles. The third kappa shape index (κ3) is 4.39. The predicted molar refractivity (Wildman–Crippen MR) is 83.5 cm³/mol. The zero-order valence-corrected chi connectivity index (χ0v) is 13.3. The fraction of sp³-hybridized carbons (Fsp3) is 0.625. The average molecular weight is 280 g/mol. The van der Waals surface area contributed by atoms with Gasteiger partial charge in [0.1, 0.15) is 0 Å².